The molecule has 2 aliphatic heterocycles. The van der Waals surface area contributed by atoms with Crippen molar-refractivity contribution in [1.82, 2.24) is 5.32 Å². The summed E-state index contributed by atoms with van der Waals surface area (Å²) in [5.41, 5.74) is -2.04. The Hall–Kier alpha value is -1.07. The minimum Gasteiger partial charge on any atom is -0.385 e. The molecule has 2 saturated heterocycles. The van der Waals surface area contributed by atoms with Crippen molar-refractivity contribution in [2.75, 3.05) is 0 Å². The number of hydrogen-bond acceptors (Lipinski definition) is 2. The Kier molecular flexibility index (Phi) is 3.29. The predicted octanol–water partition coefficient (Wildman–Crippen LogP) is 3.20. The van der Waals surface area contributed by atoms with Gasteiger partial charge in [-0.1, -0.05) is 24.6 Å². The van der Waals surface area contributed by atoms with E-state index in [1.165, 1.54) is 12.1 Å². The van der Waals surface area contributed by atoms with Crippen LogP contribution in [0.2, 0.25) is 0 Å². The van der Waals surface area contributed by atoms with E-state index in [0.717, 1.165) is 25.3 Å². The molecule has 2 N–H and O–H groups in total. The lowest BCUT2D eigenvalue weighted by Gasteiger charge is -2.46. The van der Waals surface area contributed by atoms with Crippen LogP contribution in [0.5, 0.6) is 0 Å². The average Bonchev–Trinajstić information content (AvgIpc) is 2.37. The maximum Gasteiger partial charge on any atom is 0.416 e. The van der Waals surface area contributed by atoms with Gasteiger partial charge >= 0.3 is 6.18 Å². The summed E-state index contributed by atoms with van der Waals surface area (Å²) in [6.45, 7) is 0. The Morgan fingerprint density at radius 2 is 1.70 bits per heavy atom. The molecule has 2 heterocycles. The molecule has 3 rings (SSSR count). The molecule has 110 valence electrons. The molecule has 0 radical (unpaired) electrons. The van der Waals surface area contributed by atoms with Crippen molar-refractivity contribution in [3.8, 4) is 0 Å². The van der Waals surface area contributed by atoms with E-state index >= 15 is 0 Å². The minimum absolute atomic E-state index is 0.0332. The van der Waals surface area contributed by atoms with Gasteiger partial charge in [-0.2, -0.15) is 13.2 Å². The molecule has 20 heavy (non-hydrogen) atoms. The van der Waals surface area contributed by atoms with Crippen LogP contribution in [0.4, 0.5) is 13.2 Å². The van der Waals surface area contributed by atoms with Gasteiger partial charge in [-0.3, -0.25) is 0 Å². The van der Waals surface area contributed by atoms with E-state index in [2.05, 4.69) is 5.32 Å². The zero-order valence-electron chi connectivity index (χ0n) is 11.1. The van der Waals surface area contributed by atoms with Gasteiger partial charge in [-0.15, -0.1) is 0 Å². The fourth-order valence-corrected chi connectivity index (χ4v) is 3.69. The van der Waals surface area contributed by atoms with Gasteiger partial charge in [0.15, 0.2) is 0 Å². The molecule has 0 saturated carbocycles. The van der Waals surface area contributed by atoms with Crippen LogP contribution in [0.25, 0.3) is 0 Å². The van der Waals surface area contributed by atoms with E-state index in [1.54, 1.807) is 6.07 Å². The maximum absolute atomic E-state index is 13.1. The molecular formula is C15H18F3NO. The number of fused-ring (bicyclic) bond motifs is 2. The molecule has 1 aromatic rings. The van der Waals surface area contributed by atoms with Crippen LogP contribution >= 0.6 is 0 Å². The summed E-state index contributed by atoms with van der Waals surface area (Å²) in [6.07, 6.45) is -0.779. The van der Waals surface area contributed by atoms with Gasteiger partial charge in [-0.05, 0) is 37.3 Å². The second-order valence-corrected chi connectivity index (χ2v) is 5.97. The maximum atomic E-state index is 13.1. The highest BCUT2D eigenvalue weighted by Gasteiger charge is 2.46. The molecule has 0 amide bonds. The second kappa shape index (κ2) is 4.74. The monoisotopic (exact) mass is 285 g/mol. The molecule has 2 unspecified atom stereocenters. The number of piperidine rings is 2. The van der Waals surface area contributed by atoms with Crippen LogP contribution in [-0.2, 0) is 11.8 Å². The summed E-state index contributed by atoms with van der Waals surface area (Å²) in [5.74, 6) is 0. The number of aliphatic hydroxyl groups is 1. The summed E-state index contributed by atoms with van der Waals surface area (Å²) in [6, 6.07) is 5.66. The fraction of sp³-hybridized carbons (Fsp3) is 0.600. The van der Waals surface area contributed by atoms with E-state index in [0.29, 0.717) is 12.8 Å². The molecule has 0 spiro atoms. The molecule has 0 aliphatic carbocycles. The molecular weight excluding hydrogens is 267 g/mol. The van der Waals surface area contributed by atoms with E-state index in [4.69, 9.17) is 0 Å². The lowest BCUT2D eigenvalue weighted by atomic mass is 9.73. The largest absolute Gasteiger partial charge is 0.416 e. The zero-order chi connectivity index (χ0) is 14.4. The summed E-state index contributed by atoms with van der Waals surface area (Å²) >= 11 is 0. The minimum atomic E-state index is -4.42. The zero-order valence-corrected chi connectivity index (χ0v) is 11.1. The van der Waals surface area contributed by atoms with Gasteiger partial charge in [0.05, 0.1) is 11.2 Å². The Bertz CT molecular complexity index is 488. The van der Waals surface area contributed by atoms with Gasteiger partial charge in [0, 0.05) is 12.1 Å². The van der Waals surface area contributed by atoms with E-state index in [-0.39, 0.29) is 17.6 Å². The first-order valence-corrected chi connectivity index (χ1v) is 7.04. The number of nitrogens with one attached hydrogen (secondary N) is 1. The average molecular weight is 285 g/mol. The number of rotatable bonds is 1. The van der Waals surface area contributed by atoms with Crippen LogP contribution in [0.1, 0.15) is 43.2 Å². The lowest BCUT2D eigenvalue weighted by Crippen LogP contribution is -2.54. The van der Waals surface area contributed by atoms with Crippen molar-refractivity contribution in [2.45, 2.75) is 56.0 Å². The normalized spacial score (nSPS) is 34.0. The van der Waals surface area contributed by atoms with Gasteiger partial charge in [0.1, 0.15) is 0 Å². The third kappa shape index (κ3) is 2.44. The molecule has 2 bridgehead atoms. The van der Waals surface area contributed by atoms with Crippen LogP contribution in [0.3, 0.4) is 0 Å². The van der Waals surface area contributed by atoms with Crippen LogP contribution in [0.15, 0.2) is 24.3 Å². The number of alkyl halides is 3. The quantitative estimate of drug-likeness (QED) is 0.830. The number of hydrogen-bond donors (Lipinski definition) is 2. The Balaban J connectivity index is 2.00. The van der Waals surface area contributed by atoms with Crippen molar-refractivity contribution in [3.05, 3.63) is 35.4 Å². The standard InChI is InChI=1S/C15H18F3NO/c16-15(17,18)13-7-2-1-6-12(13)14(20)8-10-4-3-5-11(9-14)19-10/h1-2,6-7,10-11,19-20H,3-5,8-9H2. The predicted molar refractivity (Wildman–Crippen MR) is 69.1 cm³/mol. The van der Waals surface area contributed by atoms with Crippen molar-refractivity contribution in [3.63, 3.8) is 0 Å². The highest BCUT2D eigenvalue weighted by atomic mass is 19.4. The van der Waals surface area contributed by atoms with Gasteiger partial charge < -0.3 is 10.4 Å². The van der Waals surface area contributed by atoms with Crippen molar-refractivity contribution >= 4 is 0 Å². The van der Waals surface area contributed by atoms with E-state index in [1.807, 2.05) is 0 Å². The van der Waals surface area contributed by atoms with Crippen LogP contribution < -0.4 is 5.32 Å². The molecule has 2 aliphatic rings. The number of halogens is 3. The topological polar surface area (TPSA) is 32.3 Å². The van der Waals surface area contributed by atoms with Crippen molar-refractivity contribution < 1.29 is 18.3 Å². The Labute approximate surface area is 116 Å². The summed E-state index contributed by atoms with van der Waals surface area (Å²) in [5, 5.41) is 14.2. The third-order valence-corrected chi connectivity index (χ3v) is 4.48. The van der Waals surface area contributed by atoms with E-state index < -0.39 is 17.3 Å². The Morgan fingerprint density at radius 1 is 1.10 bits per heavy atom. The first-order valence-electron chi connectivity index (χ1n) is 7.04. The molecule has 2 fully saturated rings. The van der Waals surface area contributed by atoms with Crippen LogP contribution in [-0.4, -0.2) is 17.2 Å². The molecule has 5 heteroatoms. The molecule has 2 nitrogen and oxygen atoms in total. The highest BCUT2D eigenvalue weighted by molar-refractivity contribution is 5.35. The van der Waals surface area contributed by atoms with Gasteiger partial charge in [0.25, 0.3) is 0 Å². The molecule has 0 aromatic heterocycles. The van der Waals surface area contributed by atoms with E-state index in [9.17, 15) is 18.3 Å². The molecule has 2 atom stereocenters. The fourth-order valence-electron chi connectivity index (χ4n) is 3.69. The number of benzene rings is 1. The van der Waals surface area contributed by atoms with Crippen molar-refractivity contribution in [1.29, 1.82) is 0 Å². The second-order valence-electron chi connectivity index (χ2n) is 5.97. The Morgan fingerprint density at radius 3 is 2.30 bits per heavy atom. The third-order valence-electron chi connectivity index (χ3n) is 4.48. The first-order chi connectivity index (χ1) is 9.38. The highest BCUT2D eigenvalue weighted by Crippen LogP contribution is 2.44. The summed E-state index contributed by atoms with van der Waals surface area (Å²) < 4.78 is 39.4. The molecule has 1 aromatic carbocycles. The van der Waals surface area contributed by atoms with Gasteiger partial charge in [0.2, 0.25) is 0 Å². The van der Waals surface area contributed by atoms with Crippen LogP contribution in [0, 0.1) is 0 Å². The SMILES string of the molecule is OC1(c2ccccc2C(F)(F)F)CC2CCCC(C1)N2. The van der Waals surface area contributed by atoms with Crippen molar-refractivity contribution in [2.24, 2.45) is 0 Å². The lowest BCUT2D eigenvalue weighted by molar-refractivity contribution is -0.142. The summed E-state index contributed by atoms with van der Waals surface area (Å²) in [4.78, 5) is 0. The summed E-state index contributed by atoms with van der Waals surface area (Å²) in [7, 11) is 0. The first kappa shape index (κ1) is 13.9. The smallest absolute Gasteiger partial charge is 0.385 e. The van der Waals surface area contributed by atoms with Gasteiger partial charge in [-0.25, -0.2) is 0 Å².